The highest BCUT2D eigenvalue weighted by molar-refractivity contribution is 9.10. The van der Waals surface area contributed by atoms with E-state index in [4.69, 9.17) is 10.8 Å². The van der Waals surface area contributed by atoms with Gasteiger partial charge in [0, 0.05) is 27.3 Å². The second-order valence-corrected chi connectivity index (χ2v) is 6.20. The Bertz CT molecular complexity index is 360. The number of nitrogens with two attached hydrogens (primary N) is 1. The zero-order valence-corrected chi connectivity index (χ0v) is 10.7. The number of halogens is 1. The molecule has 0 saturated heterocycles. The molecule has 0 spiro atoms. The Balaban J connectivity index is 2.12. The summed E-state index contributed by atoms with van der Waals surface area (Å²) in [5, 5.41) is 9.14. The predicted octanol–water partition coefficient (Wildman–Crippen LogP) is 2.25. The van der Waals surface area contributed by atoms with Gasteiger partial charge in [0.25, 0.3) is 0 Å². The lowest BCUT2D eigenvalue weighted by Crippen LogP contribution is -2.21. The third-order valence-electron chi connectivity index (χ3n) is 2.89. The lowest BCUT2D eigenvalue weighted by Gasteiger charge is -2.14. The quantitative estimate of drug-likeness (QED) is 0.893. The van der Waals surface area contributed by atoms with Crippen molar-refractivity contribution in [3.05, 3.63) is 28.7 Å². The molecule has 1 saturated carbocycles. The number of hydrogen-bond donors (Lipinski definition) is 2. The number of thioether (sulfide) groups is 1. The minimum Gasteiger partial charge on any atom is -0.396 e. The maximum atomic E-state index is 9.14. The summed E-state index contributed by atoms with van der Waals surface area (Å²) in [5.41, 5.74) is 5.79. The van der Waals surface area contributed by atoms with E-state index < -0.39 is 0 Å². The molecule has 1 aromatic carbocycles. The van der Waals surface area contributed by atoms with Gasteiger partial charge in [-0.05, 0) is 40.4 Å². The van der Waals surface area contributed by atoms with Gasteiger partial charge >= 0.3 is 0 Å². The molecule has 4 heteroatoms. The third-order valence-corrected chi connectivity index (χ3v) is 5.49. The summed E-state index contributed by atoms with van der Waals surface area (Å²) in [6.07, 6.45) is 1.02. The molecule has 15 heavy (non-hydrogen) atoms. The average Bonchev–Trinajstić information content (AvgIpc) is 2.96. The fourth-order valence-electron chi connectivity index (χ4n) is 1.75. The molecule has 1 fully saturated rings. The molecule has 2 unspecified atom stereocenters. The van der Waals surface area contributed by atoms with Crippen molar-refractivity contribution in [2.24, 2.45) is 11.7 Å². The van der Waals surface area contributed by atoms with E-state index in [1.165, 1.54) is 4.90 Å². The Morgan fingerprint density at radius 3 is 2.80 bits per heavy atom. The van der Waals surface area contributed by atoms with Gasteiger partial charge < -0.3 is 10.8 Å². The van der Waals surface area contributed by atoms with Gasteiger partial charge in [0.1, 0.15) is 0 Å². The van der Waals surface area contributed by atoms with Crippen molar-refractivity contribution in [3.8, 4) is 0 Å². The van der Waals surface area contributed by atoms with E-state index in [0.717, 1.165) is 10.9 Å². The van der Waals surface area contributed by atoms with Gasteiger partial charge in [-0.2, -0.15) is 0 Å². The first kappa shape index (κ1) is 11.5. The standard InChI is InChI=1S/C11H14BrNOS/c12-9-3-1-2-4-10(9)15-11(7-13)5-8(11)6-14/h1-4,8,14H,5-7,13H2. The lowest BCUT2D eigenvalue weighted by molar-refractivity contribution is 0.272. The molecule has 82 valence electrons. The van der Waals surface area contributed by atoms with Gasteiger partial charge in [-0.3, -0.25) is 0 Å². The molecule has 0 amide bonds. The molecule has 2 atom stereocenters. The highest BCUT2D eigenvalue weighted by Gasteiger charge is 2.53. The van der Waals surface area contributed by atoms with Crippen LogP contribution in [0.3, 0.4) is 0 Å². The predicted molar refractivity (Wildman–Crippen MR) is 67.0 cm³/mol. The summed E-state index contributed by atoms with van der Waals surface area (Å²) < 4.78 is 1.17. The zero-order chi connectivity index (χ0) is 10.9. The molecule has 1 aliphatic carbocycles. The second-order valence-electron chi connectivity index (χ2n) is 3.89. The number of aliphatic hydroxyl groups is 1. The first-order valence-electron chi connectivity index (χ1n) is 4.96. The minimum absolute atomic E-state index is 0.0681. The maximum absolute atomic E-state index is 9.14. The fraction of sp³-hybridized carbons (Fsp3) is 0.455. The summed E-state index contributed by atoms with van der Waals surface area (Å²) in [5.74, 6) is 0.361. The van der Waals surface area contributed by atoms with Crippen molar-refractivity contribution in [1.82, 2.24) is 0 Å². The van der Waals surface area contributed by atoms with E-state index >= 15 is 0 Å². The van der Waals surface area contributed by atoms with Crippen LogP contribution in [0.15, 0.2) is 33.6 Å². The van der Waals surface area contributed by atoms with E-state index in [2.05, 4.69) is 22.0 Å². The van der Waals surface area contributed by atoms with Gasteiger partial charge in [0.05, 0.1) is 0 Å². The minimum atomic E-state index is 0.0681. The van der Waals surface area contributed by atoms with Crippen LogP contribution in [-0.2, 0) is 0 Å². The molecule has 1 aliphatic rings. The van der Waals surface area contributed by atoms with Crippen molar-refractivity contribution in [3.63, 3.8) is 0 Å². The SMILES string of the molecule is NCC1(Sc2ccccc2Br)CC1CO. The summed E-state index contributed by atoms with van der Waals surface area (Å²) in [4.78, 5) is 1.21. The maximum Gasteiger partial charge on any atom is 0.0473 e. The van der Waals surface area contributed by atoms with Crippen LogP contribution < -0.4 is 5.73 Å². The monoisotopic (exact) mass is 287 g/mol. The smallest absolute Gasteiger partial charge is 0.0473 e. The number of rotatable bonds is 4. The number of hydrogen-bond acceptors (Lipinski definition) is 3. The largest absolute Gasteiger partial charge is 0.396 e. The molecular formula is C11H14BrNOS. The first-order valence-corrected chi connectivity index (χ1v) is 6.57. The van der Waals surface area contributed by atoms with Gasteiger partial charge in [0.2, 0.25) is 0 Å². The molecule has 1 aromatic rings. The highest BCUT2D eigenvalue weighted by atomic mass is 79.9. The van der Waals surface area contributed by atoms with Gasteiger partial charge in [-0.1, -0.05) is 12.1 Å². The second kappa shape index (κ2) is 4.45. The van der Waals surface area contributed by atoms with E-state index in [1.54, 1.807) is 11.8 Å². The highest BCUT2D eigenvalue weighted by Crippen LogP contribution is 2.56. The van der Waals surface area contributed by atoms with Crippen molar-refractivity contribution in [2.45, 2.75) is 16.1 Å². The van der Waals surface area contributed by atoms with E-state index in [9.17, 15) is 0 Å². The number of benzene rings is 1. The molecule has 0 aromatic heterocycles. The molecule has 0 radical (unpaired) electrons. The normalized spacial score (nSPS) is 29.1. The molecule has 3 N–H and O–H groups in total. The average molecular weight is 288 g/mol. The van der Waals surface area contributed by atoms with Crippen LogP contribution in [0.1, 0.15) is 6.42 Å². The molecule has 0 heterocycles. The molecule has 2 rings (SSSR count). The molecule has 0 aliphatic heterocycles. The van der Waals surface area contributed by atoms with Crippen molar-refractivity contribution in [2.75, 3.05) is 13.2 Å². The fourth-order valence-corrected chi connectivity index (χ4v) is 3.64. The third kappa shape index (κ3) is 2.23. The van der Waals surface area contributed by atoms with Crippen LogP contribution in [0.25, 0.3) is 0 Å². The van der Waals surface area contributed by atoms with Crippen molar-refractivity contribution >= 4 is 27.7 Å². The first-order chi connectivity index (χ1) is 7.22. The van der Waals surface area contributed by atoms with Crippen LogP contribution >= 0.6 is 27.7 Å². The van der Waals surface area contributed by atoms with Crippen molar-refractivity contribution < 1.29 is 5.11 Å². The zero-order valence-electron chi connectivity index (χ0n) is 8.32. The summed E-state index contributed by atoms with van der Waals surface area (Å²) in [7, 11) is 0. The van der Waals surface area contributed by atoms with Crippen LogP contribution in [0.4, 0.5) is 0 Å². The Kier molecular flexibility index (Phi) is 3.40. The lowest BCUT2D eigenvalue weighted by atomic mass is 10.3. The molecular weight excluding hydrogens is 274 g/mol. The summed E-state index contributed by atoms with van der Waals surface area (Å²) >= 11 is 5.31. The van der Waals surface area contributed by atoms with Gasteiger partial charge in [0.15, 0.2) is 0 Å². The summed E-state index contributed by atoms with van der Waals surface area (Å²) in [6.45, 7) is 0.874. The van der Waals surface area contributed by atoms with Crippen molar-refractivity contribution in [1.29, 1.82) is 0 Å². The Morgan fingerprint density at radius 2 is 2.27 bits per heavy atom. The molecule has 2 nitrogen and oxygen atoms in total. The van der Waals surface area contributed by atoms with Crippen LogP contribution in [0.2, 0.25) is 0 Å². The Morgan fingerprint density at radius 1 is 1.53 bits per heavy atom. The van der Waals surface area contributed by atoms with E-state index in [1.807, 2.05) is 18.2 Å². The van der Waals surface area contributed by atoms with Gasteiger partial charge in [-0.25, -0.2) is 0 Å². The van der Waals surface area contributed by atoms with Crippen LogP contribution in [0, 0.1) is 5.92 Å². The Labute approximate surface area is 102 Å². The summed E-state index contributed by atoms with van der Waals surface area (Å²) in [6, 6.07) is 8.13. The van der Waals surface area contributed by atoms with Crippen LogP contribution in [-0.4, -0.2) is 23.0 Å². The van der Waals surface area contributed by atoms with E-state index in [0.29, 0.717) is 12.5 Å². The molecule has 0 bridgehead atoms. The topological polar surface area (TPSA) is 46.2 Å². The number of aliphatic hydroxyl groups excluding tert-OH is 1. The Hall–Kier alpha value is -0.0300. The van der Waals surface area contributed by atoms with Crippen LogP contribution in [0.5, 0.6) is 0 Å². The van der Waals surface area contributed by atoms with E-state index in [-0.39, 0.29) is 11.4 Å². The van der Waals surface area contributed by atoms with Gasteiger partial charge in [-0.15, -0.1) is 11.8 Å².